The molecule has 2 unspecified atom stereocenters. The van der Waals surface area contributed by atoms with Gasteiger partial charge in [0.1, 0.15) is 60.1 Å². The zero-order valence-electron chi connectivity index (χ0n) is 45.9. The van der Waals surface area contributed by atoms with Crippen molar-refractivity contribution in [3.05, 3.63) is 71.8 Å². The van der Waals surface area contributed by atoms with Gasteiger partial charge in [0.15, 0.2) is 0 Å². The van der Waals surface area contributed by atoms with E-state index in [0.717, 1.165) is 0 Å². The minimum atomic E-state index is -1.39. The van der Waals surface area contributed by atoms with Crippen LogP contribution in [0.3, 0.4) is 0 Å². The fraction of sp³-hybridized carbons (Fsp3) is 0.625. The van der Waals surface area contributed by atoms with Gasteiger partial charge in [0.25, 0.3) is 0 Å². The highest BCUT2D eigenvalue weighted by atomic mass is 32.2. The molecule has 0 bridgehead atoms. The first kappa shape index (κ1) is 60.8. The normalized spacial score (nSPS) is 27.5. The smallest absolute Gasteiger partial charge is 0.246 e. The van der Waals surface area contributed by atoms with E-state index in [0.29, 0.717) is 49.7 Å². The molecule has 19 nitrogen and oxygen atoms in total. The molecule has 3 heterocycles. The summed E-state index contributed by atoms with van der Waals surface area (Å²) in [6.45, 7) is 14.9. The summed E-state index contributed by atoms with van der Waals surface area (Å²) in [7, 11) is 0. The maximum absolute atomic E-state index is 14.8. The van der Waals surface area contributed by atoms with Gasteiger partial charge >= 0.3 is 0 Å². The first-order valence-electron chi connectivity index (χ1n) is 27.2. The Labute approximate surface area is 451 Å². The van der Waals surface area contributed by atoms with Crippen molar-refractivity contribution in [1.29, 1.82) is 0 Å². The first-order valence-corrected chi connectivity index (χ1v) is 29.0. The predicted molar refractivity (Wildman–Crippen MR) is 290 cm³/mol. The maximum Gasteiger partial charge on any atom is 0.246 e. The van der Waals surface area contributed by atoms with Crippen LogP contribution in [0, 0.1) is 23.7 Å². The van der Waals surface area contributed by atoms with Gasteiger partial charge in [-0.15, -0.1) is 0 Å². The lowest BCUT2D eigenvalue weighted by Crippen LogP contribution is -2.62. The molecule has 9 amide bonds. The van der Waals surface area contributed by atoms with Gasteiger partial charge in [-0.05, 0) is 66.9 Å². The van der Waals surface area contributed by atoms with Crippen LogP contribution < -0.4 is 37.2 Å². The molecule has 3 fully saturated rings. The molecule has 418 valence electrons. The number of amides is 9. The Kier molecular flexibility index (Phi) is 23.2. The summed E-state index contributed by atoms with van der Waals surface area (Å²) >= 11 is -1.39. The molecule has 3 saturated heterocycles. The third-order valence-electron chi connectivity index (χ3n) is 15.0. The van der Waals surface area contributed by atoms with Crippen molar-refractivity contribution in [2.45, 2.75) is 174 Å². The molecule has 0 saturated carbocycles. The summed E-state index contributed by atoms with van der Waals surface area (Å²) in [5, 5.41) is 20.0. The summed E-state index contributed by atoms with van der Waals surface area (Å²) < 4.78 is 12.5. The average Bonchev–Trinajstić information content (AvgIpc) is 4.10. The van der Waals surface area contributed by atoms with Crippen molar-refractivity contribution in [2.75, 3.05) is 25.1 Å². The van der Waals surface area contributed by atoms with E-state index in [1.54, 1.807) is 57.2 Å². The van der Waals surface area contributed by atoms with Gasteiger partial charge in [-0.1, -0.05) is 140 Å². The minimum absolute atomic E-state index is 0.000696. The number of rotatable bonds is 14. The molecular formula is C56H83N9O10S. The van der Waals surface area contributed by atoms with Crippen LogP contribution in [-0.4, -0.2) is 147 Å². The predicted octanol–water partition coefficient (Wildman–Crippen LogP) is 2.42. The molecule has 0 aromatic heterocycles. The lowest BCUT2D eigenvalue weighted by molar-refractivity contribution is -0.149. The summed E-state index contributed by atoms with van der Waals surface area (Å²) in [6, 6.07) is 7.55. The minimum Gasteiger partial charge on any atom is -0.617 e. The quantitative estimate of drug-likeness (QED) is 0.136. The number of carbonyl (C=O) groups is 9. The molecule has 0 radical (unpaired) electrons. The maximum atomic E-state index is 14.8. The van der Waals surface area contributed by atoms with Crippen LogP contribution in [0.25, 0.3) is 0 Å². The average molecular weight is 1070 g/mol. The Morgan fingerprint density at radius 3 is 1.46 bits per heavy atom. The summed E-state index contributed by atoms with van der Waals surface area (Å²) in [4.78, 5) is 134. The number of carbonyl (C=O) groups excluding carboxylic acids is 9. The van der Waals surface area contributed by atoms with E-state index in [4.69, 9.17) is 0 Å². The summed E-state index contributed by atoms with van der Waals surface area (Å²) in [5.74, 6) is -7.25. The van der Waals surface area contributed by atoms with Crippen LogP contribution in [0.5, 0.6) is 0 Å². The third-order valence-corrected chi connectivity index (χ3v) is 15.8. The van der Waals surface area contributed by atoms with Gasteiger partial charge in [0.2, 0.25) is 53.2 Å². The van der Waals surface area contributed by atoms with Crippen LogP contribution in [0.15, 0.2) is 60.7 Å². The van der Waals surface area contributed by atoms with Gasteiger partial charge in [0, 0.05) is 32.4 Å². The molecule has 20 heteroatoms. The van der Waals surface area contributed by atoms with Crippen LogP contribution in [0.2, 0.25) is 0 Å². The highest BCUT2D eigenvalue weighted by Gasteiger charge is 2.46. The molecule has 3 aliphatic rings. The third kappa shape index (κ3) is 16.7. The highest BCUT2D eigenvalue weighted by Crippen LogP contribution is 2.27. The van der Waals surface area contributed by atoms with Crippen molar-refractivity contribution in [1.82, 2.24) is 47.0 Å². The standard InChI is InChI=1S/C56H83N9O10S/c1-10-35(7)46-54(72)57-39(26-29-76(9)75)48(66)58-40(30-33(3)4)50(68)63-47(36(8)11-2)56(74)65-28-19-25-44(65)55(73)64-27-18-24-43(64)52(70)60-41(31-37-20-14-12-15-21-37)49(67)59-42(32-38-22-16-13-17-23-38)51(69)61-45(34(5)6)53(71)62-46/h12-17,20-23,33-36,39-47H,10-11,18-19,24-32H2,1-9H3,(H,57,72)(H,58,66)(H,59,67)(H,60,70)(H,61,69)(H,62,71)(H,63,68)/t35-,36-,39?,40-,41-,42-,43-,44-,45-,46-,47-,76?/m0/s1. The SMILES string of the molecule is CC[C@H](C)[C@@H]1NC(=O)[C@H](C(C)C)NC(=O)[C@H](Cc2ccccc2)NC(=O)[C@H](Cc2ccccc2)NC(=O)[C@@H]2CCCN2C(=O)[C@@H]2CCCN2C(=O)[C@H]([C@@H](C)CC)NC(=O)[C@H](CC(C)C)NC(=O)C(CC[S+](C)[O-])NC1=O. The Hall–Kier alpha value is -6.02. The van der Waals surface area contributed by atoms with Crippen LogP contribution in [-0.2, 0) is 67.2 Å². The largest absolute Gasteiger partial charge is 0.617 e. The van der Waals surface area contributed by atoms with Crippen LogP contribution in [0.1, 0.15) is 118 Å². The molecule has 2 aromatic carbocycles. The fourth-order valence-electron chi connectivity index (χ4n) is 10.1. The molecule has 2 aromatic rings. The number of fused-ring (bicyclic) bond motifs is 2. The summed E-state index contributed by atoms with van der Waals surface area (Å²) in [5.41, 5.74) is 1.40. The van der Waals surface area contributed by atoms with Gasteiger partial charge in [-0.2, -0.15) is 0 Å². The second-order valence-corrected chi connectivity index (χ2v) is 23.2. The fourth-order valence-corrected chi connectivity index (χ4v) is 10.6. The van der Waals surface area contributed by atoms with Crippen LogP contribution >= 0.6 is 0 Å². The van der Waals surface area contributed by atoms with E-state index in [2.05, 4.69) is 37.2 Å². The van der Waals surface area contributed by atoms with Crippen molar-refractivity contribution in [2.24, 2.45) is 23.7 Å². The van der Waals surface area contributed by atoms with Crippen molar-refractivity contribution < 1.29 is 47.7 Å². The van der Waals surface area contributed by atoms with Gasteiger partial charge in [-0.25, -0.2) is 0 Å². The van der Waals surface area contributed by atoms with Gasteiger partial charge in [0.05, 0.1) is 6.26 Å². The Bertz CT molecular complexity index is 2320. The second kappa shape index (κ2) is 28.9. The molecule has 3 aliphatic heterocycles. The van der Waals surface area contributed by atoms with Crippen molar-refractivity contribution in [3.8, 4) is 0 Å². The number of nitrogens with zero attached hydrogens (tertiary/aromatic N) is 2. The zero-order valence-corrected chi connectivity index (χ0v) is 46.7. The Morgan fingerprint density at radius 1 is 0.513 bits per heavy atom. The molecule has 0 aliphatic carbocycles. The highest BCUT2D eigenvalue weighted by molar-refractivity contribution is 7.90. The molecular weight excluding hydrogens is 991 g/mol. The van der Waals surface area contributed by atoms with E-state index < -0.39 is 136 Å². The number of hydrogen-bond acceptors (Lipinski definition) is 10. The van der Waals surface area contributed by atoms with Crippen LogP contribution in [0.4, 0.5) is 0 Å². The monoisotopic (exact) mass is 1070 g/mol. The topological polar surface area (TPSA) is 267 Å². The van der Waals surface area contributed by atoms with E-state index in [-0.39, 0.29) is 50.4 Å². The molecule has 7 N–H and O–H groups in total. The Balaban J connectivity index is 1.60. The lowest BCUT2D eigenvalue weighted by atomic mass is 9.95. The summed E-state index contributed by atoms with van der Waals surface area (Å²) in [6.07, 6.45) is 4.03. The van der Waals surface area contributed by atoms with E-state index >= 15 is 0 Å². The van der Waals surface area contributed by atoms with Crippen molar-refractivity contribution >= 4 is 64.3 Å². The molecule has 12 atom stereocenters. The Morgan fingerprint density at radius 2 is 0.934 bits per heavy atom. The first-order chi connectivity index (χ1) is 36.1. The number of hydrogen-bond donors (Lipinski definition) is 7. The zero-order chi connectivity index (χ0) is 55.8. The lowest BCUT2D eigenvalue weighted by Gasteiger charge is -2.35. The van der Waals surface area contributed by atoms with E-state index in [9.17, 15) is 47.7 Å². The van der Waals surface area contributed by atoms with Gasteiger partial charge in [-0.3, -0.25) is 43.2 Å². The second-order valence-electron chi connectivity index (χ2n) is 21.7. The molecule has 76 heavy (non-hydrogen) atoms. The number of benzene rings is 2. The van der Waals surface area contributed by atoms with Gasteiger partial charge < -0.3 is 51.6 Å². The molecule has 0 spiro atoms. The van der Waals surface area contributed by atoms with E-state index in [1.165, 1.54) is 16.1 Å². The van der Waals surface area contributed by atoms with E-state index in [1.807, 2.05) is 58.9 Å². The molecule has 5 rings (SSSR count). The van der Waals surface area contributed by atoms with Crippen molar-refractivity contribution in [3.63, 3.8) is 0 Å². The number of nitrogens with one attached hydrogen (secondary N) is 7.